The van der Waals surface area contributed by atoms with Gasteiger partial charge in [-0.05, 0) is 0 Å². The summed E-state index contributed by atoms with van der Waals surface area (Å²) < 4.78 is 0. The van der Waals surface area contributed by atoms with E-state index in [0.29, 0.717) is 0 Å². The molecule has 1 radical (unpaired) electrons. The molecule has 1 heterocycles. The first kappa shape index (κ1) is 34.6. The van der Waals surface area contributed by atoms with Crippen molar-refractivity contribution in [2.75, 3.05) is 85.2 Å². The van der Waals surface area contributed by atoms with E-state index in [1.54, 1.807) is 14.7 Å². The fourth-order valence-electron chi connectivity index (χ4n) is 3.51. The van der Waals surface area contributed by atoms with Crippen molar-refractivity contribution in [1.29, 1.82) is 0 Å². The molecule has 1 aliphatic rings. The van der Waals surface area contributed by atoms with Crippen molar-refractivity contribution < 1.29 is 90.4 Å². The fraction of sp³-hybridized carbons (Fsp3) is 0.833. The summed E-state index contributed by atoms with van der Waals surface area (Å²) in [4.78, 5) is 39.5. The van der Waals surface area contributed by atoms with Crippen molar-refractivity contribution in [3.63, 3.8) is 0 Å². The molecule has 0 spiro atoms. The largest absolute Gasteiger partial charge is 3.00 e. The van der Waals surface area contributed by atoms with Crippen molar-refractivity contribution >= 4 is 17.9 Å². The maximum Gasteiger partial charge on any atom is 3.00 e. The van der Waals surface area contributed by atoms with Crippen LogP contribution >= 0.6 is 0 Å². The number of carboxylic acid groups (broad SMARTS) is 3. The first-order valence-corrected chi connectivity index (χ1v) is 10.1. The van der Waals surface area contributed by atoms with E-state index in [4.69, 9.17) is 0 Å². The van der Waals surface area contributed by atoms with E-state index in [2.05, 4.69) is 0 Å². The van der Waals surface area contributed by atoms with Gasteiger partial charge in [-0.3, -0.25) is 19.6 Å². The number of carbonyl (C=O) groups excluding carboxylic acids is 3. The van der Waals surface area contributed by atoms with Gasteiger partial charge >= 0.3 is 39.9 Å². The minimum absolute atomic E-state index is 0. The van der Waals surface area contributed by atoms with Crippen LogP contribution in [0.1, 0.15) is 0 Å². The SMILES string of the molecule is O.O=C([O-])CN1CCN(CC(=O)[O-])CCN(C(CO)C(O)CO)CCN(CC(=O)[O-])CC1.[Gd+3]. The van der Waals surface area contributed by atoms with Crippen LogP contribution in [0.25, 0.3) is 0 Å². The van der Waals surface area contributed by atoms with Gasteiger partial charge in [0.15, 0.2) is 0 Å². The van der Waals surface area contributed by atoms with E-state index in [1.807, 2.05) is 0 Å². The number of aliphatic hydroxyl groups is 3. The first-order chi connectivity index (χ1) is 14.7. The molecule has 15 heteroatoms. The summed E-state index contributed by atoms with van der Waals surface area (Å²) in [6.07, 6.45) is -1.25. The number of aliphatic hydroxyl groups excluding tert-OH is 3. The Morgan fingerprint density at radius 1 is 0.667 bits per heavy atom. The Bertz CT molecular complexity index is 556. The molecule has 5 N–H and O–H groups in total. The van der Waals surface area contributed by atoms with Crippen LogP contribution in [0.2, 0.25) is 0 Å². The van der Waals surface area contributed by atoms with Crippen molar-refractivity contribution in [3.05, 3.63) is 0 Å². The van der Waals surface area contributed by atoms with Gasteiger partial charge in [0, 0.05) is 72.0 Å². The van der Waals surface area contributed by atoms with Crippen LogP contribution in [-0.4, -0.2) is 156 Å². The molecule has 0 bridgehead atoms. The molecule has 2 atom stereocenters. The second-order valence-corrected chi connectivity index (χ2v) is 7.48. The summed E-state index contributed by atoms with van der Waals surface area (Å²) in [6, 6.07) is -0.836. The van der Waals surface area contributed by atoms with Crippen LogP contribution in [0.15, 0.2) is 0 Å². The Kier molecular flexibility index (Phi) is 19.6. The summed E-state index contributed by atoms with van der Waals surface area (Å²) in [6.45, 7) is -0.648. The van der Waals surface area contributed by atoms with Gasteiger partial charge in [-0.1, -0.05) is 0 Å². The maximum absolute atomic E-state index is 11.1. The molecule has 0 aliphatic carbocycles. The van der Waals surface area contributed by atoms with Crippen LogP contribution in [-0.2, 0) is 14.4 Å². The quantitative estimate of drug-likeness (QED) is 0.206. The number of carboxylic acids is 3. The minimum atomic E-state index is -1.31. The Morgan fingerprint density at radius 2 is 0.970 bits per heavy atom. The van der Waals surface area contributed by atoms with E-state index < -0.39 is 56.4 Å². The number of nitrogens with zero attached hydrogens (tertiary/aromatic N) is 4. The summed E-state index contributed by atoms with van der Waals surface area (Å²) in [5.41, 5.74) is 0. The van der Waals surface area contributed by atoms with E-state index in [1.165, 1.54) is 4.90 Å². The Morgan fingerprint density at radius 3 is 1.21 bits per heavy atom. The second-order valence-electron chi connectivity index (χ2n) is 7.48. The third-order valence-corrected chi connectivity index (χ3v) is 5.22. The third kappa shape index (κ3) is 14.4. The Hall–Kier alpha value is -0.585. The zero-order chi connectivity index (χ0) is 23.4. The molecule has 0 amide bonds. The molecule has 1 rings (SSSR count). The molecule has 0 saturated carbocycles. The van der Waals surface area contributed by atoms with Crippen LogP contribution < -0.4 is 15.3 Å². The molecular weight excluding hydrogens is 589 g/mol. The number of hydrogen-bond donors (Lipinski definition) is 3. The molecule has 193 valence electrons. The molecular formula is C18H33GdN4O10. The predicted octanol–water partition coefficient (Wildman–Crippen LogP) is -8.65. The summed E-state index contributed by atoms with van der Waals surface area (Å²) in [5, 5.41) is 62.3. The van der Waals surface area contributed by atoms with Gasteiger partial charge in [0.2, 0.25) is 0 Å². The number of carbonyl (C=O) groups is 3. The van der Waals surface area contributed by atoms with Gasteiger partial charge < -0.3 is 50.5 Å². The van der Waals surface area contributed by atoms with Crippen molar-refractivity contribution in [2.24, 2.45) is 0 Å². The van der Waals surface area contributed by atoms with Crippen molar-refractivity contribution in [1.82, 2.24) is 19.6 Å². The average Bonchev–Trinajstić information content (AvgIpc) is 2.68. The van der Waals surface area contributed by atoms with E-state index in [0.717, 1.165) is 0 Å². The molecule has 14 nitrogen and oxygen atoms in total. The zero-order valence-electron chi connectivity index (χ0n) is 18.3. The van der Waals surface area contributed by atoms with Gasteiger partial charge in [-0.25, -0.2) is 0 Å². The zero-order valence-corrected chi connectivity index (χ0v) is 20.5. The van der Waals surface area contributed by atoms with Crippen LogP contribution in [0, 0.1) is 39.9 Å². The molecule has 1 aliphatic heterocycles. The summed E-state index contributed by atoms with van der Waals surface area (Å²) in [5.74, 6) is -3.92. The molecule has 0 aromatic heterocycles. The molecule has 0 aromatic carbocycles. The van der Waals surface area contributed by atoms with Gasteiger partial charge in [0.05, 0.1) is 43.3 Å². The molecule has 33 heavy (non-hydrogen) atoms. The maximum atomic E-state index is 11.1. The molecule has 1 fully saturated rings. The van der Waals surface area contributed by atoms with E-state index in [-0.39, 0.29) is 104 Å². The monoisotopic (exact) mass is 623 g/mol. The second kappa shape index (κ2) is 18.7. The predicted molar refractivity (Wildman–Crippen MR) is 103 cm³/mol. The number of aliphatic carboxylic acids is 3. The van der Waals surface area contributed by atoms with Gasteiger partial charge in [0.1, 0.15) is 0 Å². The standard InChI is InChI=1S/C18H34N4O9.Gd.H2O/c23-12-14(15(25)13-24)22-7-5-20(10-17(28)29)3-1-19(9-16(26)27)2-4-21(6-8-22)11-18(30)31;;/h14-15,23-25H,1-13H2,(H,26,27)(H,28,29)(H,30,31);;1H2/q;+3;/p-3. The smallest absolute Gasteiger partial charge is 0.549 e. The van der Waals surface area contributed by atoms with Gasteiger partial charge in [0.25, 0.3) is 0 Å². The average molecular weight is 623 g/mol. The van der Waals surface area contributed by atoms with E-state index >= 15 is 0 Å². The first-order valence-electron chi connectivity index (χ1n) is 10.1. The van der Waals surface area contributed by atoms with Crippen LogP contribution in [0.4, 0.5) is 0 Å². The van der Waals surface area contributed by atoms with Gasteiger partial charge in [-0.2, -0.15) is 0 Å². The minimum Gasteiger partial charge on any atom is -0.549 e. The van der Waals surface area contributed by atoms with E-state index in [9.17, 15) is 45.0 Å². The molecule has 0 aromatic rings. The third-order valence-electron chi connectivity index (χ3n) is 5.22. The molecule has 1 saturated heterocycles. The fourth-order valence-corrected chi connectivity index (χ4v) is 3.51. The number of rotatable bonds is 10. The summed E-state index contributed by atoms with van der Waals surface area (Å²) in [7, 11) is 0. The van der Waals surface area contributed by atoms with Crippen molar-refractivity contribution in [3.8, 4) is 0 Å². The molecule has 2 unspecified atom stereocenters. The van der Waals surface area contributed by atoms with Gasteiger partial charge in [-0.15, -0.1) is 0 Å². The normalized spacial score (nSPS) is 19.7. The van der Waals surface area contributed by atoms with Crippen LogP contribution in [0.5, 0.6) is 0 Å². The summed E-state index contributed by atoms with van der Waals surface area (Å²) >= 11 is 0. The Balaban J connectivity index is 0. The topological polar surface area (TPSA) is 226 Å². The van der Waals surface area contributed by atoms with Crippen molar-refractivity contribution in [2.45, 2.75) is 12.1 Å². The Labute approximate surface area is 224 Å². The van der Waals surface area contributed by atoms with Crippen LogP contribution in [0.3, 0.4) is 0 Å². The number of hydrogen-bond acceptors (Lipinski definition) is 13.